The molecule has 3 aromatic carbocycles. The highest BCUT2D eigenvalue weighted by atomic mass is 32.2. The van der Waals surface area contributed by atoms with E-state index in [1.165, 1.54) is 6.07 Å². The van der Waals surface area contributed by atoms with E-state index >= 15 is 0 Å². The van der Waals surface area contributed by atoms with E-state index < -0.39 is 73.3 Å². The number of fused-ring (bicyclic) bond motifs is 1. The van der Waals surface area contributed by atoms with Crippen molar-refractivity contribution in [2.75, 3.05) is 0 Å². The second-order valence-electron chi connectivity index (χ2n) is 6.20. The van der Waals surface area contributed by atoms with Crippen molar-refractivity contribution in [3.63, 3.8) is 0 Å². The average molecular weight is 504 g/mol. The van der Waals surface area contributed by atoms with Crippen molar-refractivity contribution in [2.24, 2.45) is 10.2 Å². The van der Waals surface area contributed by atoms with E-state index in [4.69, 9.17) is 4.55 Å². The maximum absolute atomic E-state index is 11.8. The summed E-state index contributed by atoms with van der Waals surface area (Å²) in [4.78, 5) is -2.51. The summed E-state index contributed by atoms with van der Waals surface area (Å²) in [6.07, 6.45) is 0. The Balaban J connectivity index is 2.37. The molecule has 16 heteroatoms. The molecule has 0 atom stereocenters. The van der Waals surface area contributed by atoms with Gasteiger partial charge in [-0.05, 0) is 35.7 Å². The molecule has 0 aliphatic carbocycles. The number of aromatic hydroxyl groups is 2. The fourth-order valence-electron chi connectivity index (χ4n) is 2.72. The van der Waals surface area contributed by atoms with Gasteiger partial charge in [0.15, 0.2) is 5.75 Å². The summed E-state index contributed by atoms with van der Waals surface area (Å²) in [5, 5.41) is 26.5. The Labute approximate surface area is 180 Å². The molecular formula is C16H12N2O11S3. The number of hydrogen-bond acceptors (Lipinski definition) is 10. The van der Waals surface area contributed by atoms with Crippen molar-refractivity contribution in [2.45, 2.75) is 14.7 Å². The van der Waals surface area contributed by atoms with Gasteiger partial charge in [-0.25, -0.2) is 0 Å². The van der Waals surface area contributed by atoms with Crippen molar-refractivity contribution >= 4 is 52.5 Å². The smallest absolute Gasteiger partial charge is 0.296 e. The van der Waals surface area contributed by atoms with E-state index in [1.54, 1.807) is 0 Å². The number of azo groups is 1. The molecule has 0 aliphatic rings. The number of phenolic OH excluding ortho intramolecular Hbond substituents is 2. The van der Waals surface area contributed by atoms with Gasteiger partial charge in [0.1, 0.15) is 26.9 Å². The van der Waals surface area contributed by atoms with Crippen LogP contribution in [0.25, 0.3) is 10.8 Å². The maximum atomic E-state index is 11.8. The lowest BCUT2D eigenvalue weighted by Crippen LogP contribution is -2.02. The highest BCUT2D eigenvalue weighted by molar-refractivity contribution is 7.86. The summed E-state index contributed by atoms with van der Waals surface area (Å²) in [6.45, 7) is 0. The van der Waals surface area contributed by atoms with Gasteiger partial charge >= 0.3 is 0 Å². The van der Waals surface area contributed by atoms with Crippen LogP contribution in [0.15, 0.2) is 67.4 Å². The minimum atomic E-state index is -5.07. The van der Waals surface area contributed by atoms with Crippen LogP contribution in [0, 0.1) is 0 Å². The highest BCUT2D eigenvalue weighted by Crippen LogP contribution is 2.44. The van der Waals surface area contributed by atoms with Gasteiger partial charge < -0.3 is 10.2 Å². The third-order valence-electron chi connectivity index (χ3n) is 4.10. The molecule has 0 aromatic heterocycles. The lowest BCUT2D eigenvalue weighted by molar-refractivity contribution is 0.469. The Bertz CT molecular complexity index is 1610. The Morgan fingerprint density at radius 3 is 1.88 bits per heavy atom. The SMILES string of the molecule is O=S(=O)(O)c1ccc(O)c(N=Nc2c(S(=O)(=O)O)cc3cccc(S(=O)(=O)O)c3c2O)c1. The number of benzene rings is 3. The van der Waals surface area contributed by atoms with Crippen LogP contribution in [0.2, 0.25) is 0 Å². The molecule has 0 spiro atoms. The minimum absolute atomic E-state index is 0.208. The zero-order valence-electron chi connectivity index (χ0n) is 15.3. The van der Waals surface area contributed by atoms with Crippen molar-refractivity contribution < 1.29 is 49.1 Å². The second kappa shape index (κ2) is 7.76. The molecular weight excluding hydrogens is 492 g/mol. The van der Waals surface area contributed by atoms with Gasteiger partial charge in [-0.1, -0.05) is 12.1 Å². The molecule has 3 rings (SSSR count). The highest BCUT2D eigenvalue weighted by Gasteiger charge is 2.26. The number of hydrogen-bond donors (Lipinski definition) is 5. The first-order valence-electron chi connectivity index (χ1n) is 8.06. The van der Waals surface area contributed by atoms with Gasteiger partial charge in [0.25, 0.3) is 30.4 Å². The third kappa shape index (κ3) is 4.54. The van der Waals surface area contributed by atoms with Crippen LogP contribution < -0.4 is 0 Å². The van der Waals surface area contributed by atoms with Crippen molar-refractivity contribution in [3.8, 4) is 11.5 Å². The van der Waals surface area contributed by atoms with E-state index in [2.05, 4.69) is 10.2 Å². The molecule has 5 N–H and O–H groups in total. The standard InChI is InChI=1S/C16H12N2O11S3/c19-11-5-4-9(30(21,22)23)7-10(11)17-18-15-13(32(27,28)29)6-8-2-1-3-12(31(24,25)26)14(8)16(15)20/h1-7,19-20H,(H,21,22,23)(H,24,25,26)(H,27,28,29). The van der Waals surface area contributed by atoms with Crippen molar-refractivity contribution in [1.82, 2.24) is 0 Å². The first kappa shape index (κ1) is 23.5. The Morgan fingerprint density at radius 1 is 0.688 bits per heavy atom. The Morgan fingerprint density at radius 2 is 1.31 bits per heavy atom. The van der Waals surface area contributed by atoms with Crippen LogP contribution in [-0.4, -0.2) is 49.1 Å². The van der Waals surface area contributed by atoms with Gasteiger partial charge in [0.2, 0.25) is 0 Å². The molecule has 0 unspecified atom stereocenters. The van der Waals surface area contributed by atoms with E-state index in [0.29, 0.717) is 6.07 Å². The summed E-state index contributed by atoms with van der Waals surface area (Å²) < 4.78 is 97.5. The van der Waals surface area contributed by atoms with Gasteiger partial charge in [-0.15, -0.1) is 10.2 Å². The summed E-state index contributed by atoms with van der Waals surface area (Å²) >= 11 is 0. The molecule has 170 valence electrons. The van der Waals surface area contributed by atoms with Gasteiger partial charge in [0.05, 0.1) is 4.90 Å². The zero-order chi connectivity index (χ0) is 24.1. The molecule has 0 amide bonds. The molecule has 32 heavy (non-hydrogen) atoms. The molecule has 0 bridgehead atoms. The largest absolute Gasteiger partial charge is 0.506 e. The van der Waals surface area contributed by atoms with Crippen LogP contribution in [0.5, 0.6) is 11.5 Å². The van der Waals surface area contributed by atoms with Gasteiger partial charge in [-0.3, -0.25) is 13.7 Å². The summed E-state index contributed by atoms with van der Waals surface area (Å²) in [7, 11) is -14.7. The fourth-order valence-corrected chi connectivity index (χ4v) is 4.60. The van der Waals surface area contributed by atoms with Crippen LogP contribution in [0.4, 0.5) is 11.4 Å². The van der Waals surface area contributed by atoms with E-state index in [1.807, 2.05) is 0 Å². The van der Waals surface area contributed by atoms with Crippen LogP contribution in [0.1, 0.15) is 0 Å². The molecule has 0 radical (unpaired) electrons. The fraction of sp³-hybridized carbons (Fsp3) is 0. The molecule has 0 aliphatic heterocycles. The molecule has 0 saturated heterocycles. The molecule has 0 fully saturated rings. The predicted molar refractivity (Wildman–Crippen MR) is 107 cm³/mol. The number of rotatable bonds is 5. The van der Waals surface area contributed by atoms with Crippen molar-refractivity contribution in [3.05, 3.63) is 42.5 Å². The Hall–Kier alpha value is -3.15. The Kier molecular flexibility index (Phi) is 5.71. The second-order valence-corrected chi connectivity index (χ2v) is 10.4. The maximum Gasteiger partial charge on any atom is 0.296 e. The molecule has 13 nitrogen and oxygen atoms in total. The topological polar surface area (TPSA) is 228 Å². The first-order valence-corrected chi connectivity index (χ1v) is 12.4. The zero-order valence-corrected chi connectivity index (χ0v) is 17.8. The predicted octanol–water partition coefficient (Wildman–Crippen LogP) is 2.41. The summed E-state index contributed by atoms with van der Waals surface area (Å²) in [5.74, 6) is -1.77. The summed E-state index contributed by atoms with van der Waals surface area (Å²) in [6, 6.07) is 6.31. The normalized spacial score (nSPS) is 13.1. The van der Waals surface area contributed by atoms with Crippen LogP contribution >= 0.6 is 0 Å². The lowest BCUT2D eigenvalue weighted by atomic mass is 10.1. The van der Waals surface area contributed by atoms with Crippen LogP contribution in [0.3, 0.4) is 0 Å². The van der Waals surface area contributed by atoms with Gasteiger partial charge in [0, 0.05) is 5.39 Å². The molecule has 0 saturated carbocycles. The lowest BCUT2D eigenvalue weighted by Gasteiger charge is -2.11. The summed E-state index contributed by atoms with van der Waals surface area (Å²) in [5.41, 5.74) is -1.57. The van der Waals surface area contributed by atoms with Crippen molar-refractivity contribution in [1.29, 1.82) is 0 Å². The minimum Gasteiger partial charge on any atom is -0.506 e. The molecule has 0 heterocycles. The van der Waals surface area contributed by atoms with E-state index in [-0.39, 0.29) is 5.39 Å². The van der Waals surface area contributed by atoms with E-state index in [9.17, 15) is 44.6 Å². The first-order chi connectivity index (χ1) is 14.6. The van der Waals surface area contributed by atoms with Gasteiger partial charge in [-0.2, -0.15) is 25.3 Å². The van der Waals surface area contributed by atoms with E-state index in [0.717, 1.165) is 30.3 Å². The number of phenols is 2. The average Bonchev–Trinajstić information content (AvgIpc) is 2.65. The number of nitrogens with zero attached hydrogens (tertiary/aromatic N) is 2. The quantitative estimate of drug-likeness (QED) is 0.250. The molecule has 3 aromatic rings. The monoisotopic (exact) mass is 504 g/mol. The third-order valence-corrected chi connectivity index (χ3v) is 6.71. The van der Waals surface area contributed by atoms with Crippen LogP contribution in [-0.2, 0) is 30.4 Å².